The van der Waals surface area contributed by atoms with Crippen molar-refractivity contribution in [3.05, 3.63) is 0 Å². The molecule has 10 rings (SSSR count). The van der Waals surface area contributed by atoms with E-state index >= 15 is 0 Å². The van der Waals surface area contributed by atoms with E-state index in [1.807, 2.05) is 6.92 Å². The highest BCUT2D eigenvalue weighted by Crippen LogP contribution is 2.64. The van der Waals surface area contributed by atoms with Crippen molar-refractivity contribution in [2.45, 2.75) is 235 Å². The summed E-state index contributed by atoms with van der Waals surface area (Å²) in [5.74, 6) is -4.49. The molecule has 10 fully saturated rings. The number of hydrogen-bond acceptors (Lipinski definition) is 13. The third-order valence-electron chi connectivity index (χ3n) is 14.8. The lowest BCUT2D eigenvalue weighted by molar-refractivity contribution is -0.263. The molecule has 0 amide bonds. The molecule has 0 spiro atoms. The number of aliphatic hydroxyl groups is 2. The van der Waals surface area contributed by atoms with E-state index in [9.17, 15) is 34.2 Å². The summed E-state index contributed by atoms with van der Waals surface area (Å²) in [4.78, 5) is 68.5. The predicted molar refractivity (Wildman–Crippen MR) is 236 cm³/mol. The molecule has 9 unspecified atom stereocenters. The maximum Gasteiger partial charge on any atom is 0.348 e. The molecule has 2 heterocycles. The van der Waals surface area contributed by atoms with E-state index < -0.39 is 87.4 Å². The van der Waals surface area contributed by atoms with Gasteiger partial charge in [-0.3, -0.25) is 19.2 Å². The van der Waals surface area contributed by atoms with Gasteiger partial charge in [0.2, 0.25) is 12.4 Å². The van der Waals surface area contributed by atoms with Crippen LogP contribution in [0, 0.1) is 40.9 Å². The largest absolute Gasteiger partial charge is 0.459 e. The highest BCUT2D eigenvalue weighted by atomic mass is 16.7. The Morgan fingerprint density at radius 2 is 1.27 bits per heavy atom. The van der Waals surface area contributed by atoms with Gasteiger partial charge in [-0.25, -0.2) is 4.79 Å². The van der Waals surface area contributed by atoms with E-state index in [2.05, 4.69) is 0 Å². The summed E-state index contributed by atoms with van der Waals surface area (Å²) in [5.41, 5.74) is -5.58. The Kier molecular flexibility index (Phi) is 17.6. The first-order chi connectivity index (χ1) is 26.3. The SMILES string of the molecule is C.C.C.C.C.C.CCC(CC(CC(C)C(=O)OC1CC(C)(C)OC1=O)C(=O)OC12CC3CC(O)(CC(O)(C3)C1)C2)C(=O)OC12CC3CC(C1)CC(C(=O)OC1CCCCO1)(C3)C2. The lowest BCUT2D eigenvalue weighted by Crippen LogP contribution is -2.67. The molecule has 2 saturated heterocycles. The van der Waals surface area contributed by atoms with Crippen LogP contribution in [-0.2, 0) is 52.4 Å². The molecule has 0 aromatic heterocycles. The minimum atomic E-state index is -1.12. The van der Waals surface area contributed by atoms with Gasteiger partial charge in [0.25, 0.3) is 0 Å². The van der Waals surface area contributed by atoms with Crippen LogP contribution in [0.15, 0.2) is 0 Å². The number of carbonyl (C=O) groups excluding carboxylic acids is 5. The third kappa shape index (κ3) is 11.0. The van der Waals surface area contributed by atoms with E-state index in [4.69, 9.17) is 28.4 Å². The first kappa shape index (κ1) is 55.4. The van der Waals surface area contributed by atoms with Crippen molar-refractivity contribution >= 4 is 29.8 Å². The molecule has 8 aliphatic carbocycles. The summed E-state index contributed by atoms with van der Waals surface area (Å²) < 4.78 is 35.5. The van der Waals surface area contributed by atoms with Gasteiger partial charge in [-0.05, 0) is 115 Å². The standard InChI is InChI=1S/C43H62O13.6CH4/c1-5-29(34(45)55-42-17-26-11-27(18-42)14-39(13-26,21-42)37(48)53-32-8-6-7-9-51-32)12-30(10-25(2)33(44)52-31-20-38(3,4)54-36(31)47)35(46)56-43-19-28-15-40(49,23-43)22-41(50,16-28)24-43;;;;;;/h25-32,49-50H,5-24H2,1-4H3;6*1H4. The monoisotopic (exact) mass is 883 g/mol. The molecule has 9 atom stereocenters. The van der Waals surface area contributed by atoms with Crippen LogP contribution in [0.5, 0.6) is 0 Å². The second kappa shape index (κ2) is 19.8. The molecule has 8 saturated carbocycles. The first-order valence-electron chi connectivity index (χ1n) is 21.5. The van der Waals surface area contributed by atoms with Gasteiger partial charge in [0.05, 0.1) is 41.0 Å². The molecule has 0 radical (unpaired) electrons. The van der Waals surface area contributed by atoms with Gasteiger partial charge in [-0.15, -0.1) is 0 Å². The summed E-state index contributed by atoms with van der Waals surface area (Å²) in [6, 6.07) is 0. The maximum absolute atomic E-state index is 14.4. The maximum atomic E-state index is 14.4. The Labute approximate surface area is 373 Å². The van der Waals surface area contributed by atoms with Crippen molar-refractivity contribution in [2.24, 2.45) is 40.9 Å². The van der Waals surface area contributed by atoms with Crippen molar-refractivity contribution in [3.63, 3.8) is 0 Å². The molecule has 2 N–H and O–H groups in total. The number of rotatable bonds is 13. The molecule has 10 aliphatic rings. The lowest BCUT2D eigenvalue weighted by atomic mass is 9.48. The van der Waals surface area contributed by atoms with Crippen LogP contribution in [0.2, 0.25) is 0 Å². The van der Waals surface area contributed by atoms with Crippen LogP contribution in [0.1, 0.15) is 194 Å². The number of ether oxygens (including phenoxy) is 6. The van der Waals surface area contributed by atoms with Crippen molar-refractivity contribution in [2.75, 3.05) is 6.61 Å². The Balaban J connectivity index is 0.00000220. The molecular weight excluding hydrogens is 797 g/mol. The summed E-state index contributed by atoms with van der Waals surface area (Å²) in [6.45, 7) is 7.57. The summed E-state index contributed by atoms with van der Waals surface area (Å²) in [5, 5.41) is 22.8. The minimum absolute atomic E-state index is 0. The van der Waals surface area contributed by atoms with Crippen LogP contribution in [0.25, 0.3) is 0 Å². The van der Waals surface area contributed by atoms with Gasteiger partial charge < -0.3 is 38.6 Å². The lowest BCUT2D eigenvalue weighted by Gasteiger charge is -2.62. The van der Waals surface area contributed by atoms with Gasteiger partial charge in [-0.2, -0.15) is 0 Å². The normalized spacial score (nSPS) is 38.9. The van der Waals surface area contributed by atoms with Crippen LogP contribution in [0.3, 0.4) is 0 Å². The van der Waals surface area contributed by atoms with Crippen LogP contribution < -0.4 is 0 Å². The fraction of sp³-hybridized carbons (Fsp3) is 0.898. The molecule has 2 aliphatic heterocycles. The molecular formula is C49H86O13. The first-order valence-corrected chi connectivity index (χ1v) is 21.5. The summed E-state index contributed by atoms with van der Waals surface area (Å²) >= 11 is 0. The Morgan fingerprint density at radius 3 is 1.81 bits per heavy atom. The zero-order chi connectivity index (χ0) is 39.9. The topological polar surface area (TPSA) is 181 Å². The fourth-order valence-corrected chi connectivity index (χ4v) is 13.4. The average Bonchev–Trinajstić information content (AvgIpc) is 3.33. The molecule has 13 heteroatoms. The molecule has 0 aromatic carbocycles. The van der Waals surface area contributed by atoms with Gasteiger partial charge in [0.1, 0.15) is 16.8 Å². The summed E-state index contributed by atoms with van der Waals surface area (Å²) in [6.07, 6.45) is 8.20. The zero-order valence-electron chi connectivity index (χ0n) is 33.6. The van der Waals surface area contributed by atoms with Crippen LogP contribution >= 0.6 is 0 Å². The van der Waals surface area contributed by atoms with Crippen LogP contribution in [0.4, 0.5) is 0 Å². The third-order valence-corrected chi connectivity index (χ3v) is 14.8. The van der Waals surface area contributed by atoms with E-state index in [-0.39, 0.29) is 107 Å². The van der Waals surface area contributed by atoms with Gasteiger partial charge in [0, 0.05) is 38.5 Å². The Hall–Kier alpha value is -2.77. The van der Waals surface area contributed by atoms with Gasteiger partial charge in [0.15, 0.2) is 0 Å². The molecule has 62 heavy (non-hydrogen) atoms. The number of hydrogen-bond donors (Lipinski definition) is 2. The van der Waals surface area contributed by atoms with E-state index in [1.54, 1.807) is 20.8 Å². The quantitative estimate of drug-likeness (QED) is 0.132. The minimum Gasteiger partial charge on any atom is -0.459 e. The number of carbonyl (C=O) groups is 5. The highest BCUT2D eigenvalue weighted by Gasteiger charge is 2.66. The summed E-state index contributed by atoms with van der Waals surface area (Å²) in [7, 11) is 0. The average molecular weight is 883 g/mol. The molecule has 0 aromatic rings. The van der Waals surface area contributed by atoms with Crippen molar-refractivity contribution < 1.29 is 62.6 Å². The smallest absolute Gasteiger partial charge is 0.348 e. The number of esters is 5. The van der Waals surface area contributed by atoms with Crippen molar-refractivity contribution in [1.29, 1.82) is 0 Å². The van der Waals surface area contributed by atoms with Crippen LogP contribution in [-0.4, -0.2) is 87.1 Å². The van der Waals surface area contributed by atoms with Gasteiger partial charge >= 0.3 is 29.8 Å². The molecule has 360 valence electrons. The second-order valence-electron chi connectivity index (χ2n) is 20.6. The van der Waals surface area contributed by atoms with Crippen molar-refractivity contribution in [1.82, 2.24) is 0 Å². The zero-order valence-corrected chi connectivity index (χ0v) is 33.6. The van der Waals surface area contributed by atoms with E-state index in [1.165, 1.54) is 0 Å². The Bertz CT molecular complexity index is 1570. The fourth-order valence-electron chi connectivity index (χ4n) is 13.4. The van der Waals surface area contributed by atoms with E-state index in [0.717, 1.165) is 32.1 Å². The molecule has 8 bridgehead atoms. The van der Waals surface area contributed by atoms with Crippen molar-refractivity contribution in [3.8, 4) is 0 Å². The van der Waals surface area contributed by atoms with Gasteiger partial charge in [-0.1, -0.05) is 58.4 Å². The Morgan fingerprint density at radius 1 is 0.694 bits per heavy atom. The molecule has 13 nitrogen and oxygen atoms in total. The highest BCUT2D eigenvalue weighted by molar-refractivity contribution is 5.83. The number of cyclic esters (lactones) is 1. The predicted octanol–water partition coefficient (Wildman–Crippen LogP) is 9.19. The van der Waals surface area contributed by atoms with E-state index in [0.29, 0.717) is 58.0 Å². The second-order valence-corrected chi connectivity index (χ2v) is 20.6.